The number of ketones is 1. The molecule has 1 unspecified atom stereocenters. The maximum absolute atomic E-state index is 13.1. The molecule has 2 aliphatic rings. The summed E-state index contributed by atoms with van der Waals surface area (Å²) in [5.74, 6) is 0.284. The molecule has 0 amide bonds. The highest BCUT2D eigenvalue weighted by Crippen LogP contribution is 2.40. The normalized spacial score (nSPS) is 19.0. The highest BCUT2D eigenvalue weighted by Gasteiger charge is 2.40. The lowest BCUT2D eigenvalue weighted by Crippen LogP contribution is -2.42. The lowest BCUT2D eigenvalue weighted by atomic mass is 9.92. The molecule has 4 rings (SSSR count). The summed E-state index contributed by atoms with van der Waals surface area (Å²) in [6, 6.07) is 16.1. The van der Waals surface area contributed by atoms with Gasteiger partial charge in [-0.3, -0.25) is 9.69 Å². The molecule has 2 aromatic carbocycles. The van der Waals surface area contributed by atoms with Crippen LogP contribution in [0.4, 0.5) is 0 Å². The third-order valence-corrected chi connectivity index (χ3v) is 10.0. The molecule has 0 radical (unpaired) electrons. The average molecular weight is 455 g/mol. The molecule has 0 N–H and O–H groups in total. The van der Waals surface area contributed by atoms with Crippen molar-refractivity contribution in [2.24, 2.45) is 5.92 Å². The summed E-state index contributed by atoms with van der Waals surface area (Å²) >= 11 is 0. The van der Waals surface area contributed by atoms with Crippen LogP contribution in [0.2, 0.25) is 0 Å². The summed E-state index contributed by atoms with van der Waals surface area (Å²) < 4.78 is 25.6. The molecule has 5 nitrogen and oxygen atoms in total. The Bertz CT molecular complexity index is 1090. The zero-order valence-corrected chi connectivity index (χ0v) is 19.2. The van der Waals surface area contributed by atoms with Gasteiger partial charge in [0.05, 0.1) is 22.6 Å². The van der Waals surface area contributed by atoms with Crippen LogP contribution in [-0.4, -0.2) is 37.4 Å². The van der Waals surface area contributed by atoms with Crippen molar-refractivity contribution in [2.75, 3.05) is 13.1 Å². The quantitative estimate of drug-likeness (QED) is 0.574. The summed E-state index contributed by atoms with van der Waals surface area (Å²) in [7, 11) is -2.37. The number of likely N-dealkylation sites (tertiary alicyclic amines) is 1. The Kier molecular flexibility index (Phi) is 6.52. The molecule has 0 aromatic heterocycles. The van der Waals surface area contributed by atoms with Gasteiger partial charge in [0.2, 0.25) is 8.87 Å². The van der Waals surface area contributed by atoms with E-state index in [4.69, 9.17) is 0 Å². The van der Waals surface area contributed by atoms with Crippen LogP contribution in [0.25, 0.3) is 0 Å². The second kappa shape index (κ2) is 9.15. The maximum atomic E-state index is 13.1. The molecule has 1 heterocycles. The Morgan fingerprint density at radius 2 is 1.71 bits per heavy atom. The third kappa shape index (κ3) is 5.03. The van der Waals surface area contributed by atoms with Gasteiger partial charge in [0.1, 0.15) is 0 Å². The molecule has 0 spiro atoms. The molecule has 162 valence electrons. The van der Waals surface area contributed by atoms with Crippen molar-refractivity contribution in [3.63, 3.8) is 0 Å². The van der Waals surface area contributed by atoms with E-state index in [1.807, 2.05) is 37.3 Å². The van der Waals surface area contributed by atoms with Gasteiger partial charge in [0.25, 0.3) is 0 Å². The van der Waals surface area contributed by atoms with Crippen LogP contribution in [0, 0.1) is 24.2 Å². The Labute approximate surface area is 187 Å². The van der Waals surface area contributed by atoms with E-state index >= 15 is 0 Å². The summed E-state index contributed by atoms with van der Waals surface area (Å²) in [6.07, 6.45) is 3.23. The maximum Gasteiger partial charge on any atom is 0.230 e. The van der Waals surface area contributed by atoms with Crippen LogP contribution in [0.3, 0.4) is 0 Å². The minimum Gasteiger partial charge on any atom is -0.297 e. The number of rotatable bonds is 7. The van der Waals surface area contributed by atoms with Gasteiger partial charge in [-0.25, -0.2) is 8.42 Å². The number of hydrogen-bond donors (Lipinski definition) is 0. The average Bonchev–Trinajstić information content (AvgIpc) is 3.61. The van der Waals surface area contributed by atoms with Crippen LogP contribution in [0.15, 0.2) is 53.4 Å². The SMILES string of the molecule is Cc1ccc(S(=O)(=O)SC2CCN(C(C(=O)C3CC3)c3ccccc3C#N)CC2)cc1. The minimum atomic E-state index is -3.41. The van der Waals surface area contributed by atoms with Crippen molar-refractivity contribution in [1.29, 1.82) is 5.26 Å². The van der Waals surface area contributed by atoms with Gasteiger partial charge in [-0.1, -0.05) is 35.9 Å². The molecular weight excluding hydrogens is 428 g/mol. The van der Waals surface area contributed by atoms with E-state index in [0.717, 1.165) is 34.8 Å². The number of Topliss-reactive ketones (excluding diaryl/α,β-unsaturated/α-hetero) is 1. The van der Waals surface area contributed by atoms with Crippen molar-refractivity contribution >= 4 is 25.4 Å². The standard InChI is InChI=1S/C24H26N2O3S2/c1-17-6-10-21(11-7-17)31(28,29)30-20-12-14-26(15-13-20)23(24(27)18-8-9-18)22-5-3-2-4-19(22)16-25/h2-7,10-11,18,20,23H,8-9,12-15H2,1H3. The fourth-order valence-corrected chi connectivity index (χ4v) is 7.79. The van der Waals surface area contributed by atoms with E-state index in [0.29, 0.717) is 36.4 Å². The molecule has 7 heteroatoms. The number of benzene rings is 2. The summed E-state index contributed by atoms with van der Waals surface area (Å²) in [6.45, 7) is 3.22. The highest BCUT2D eigenvalue weighted by atomic mass is 33.1. The predicted octanol–water partition coefficient (Wildman–Crippen LogP) is 4.47. The molecule has 1 aliphatic heterocycles. The first-order chi connectivity index (χ1) is 14.9. The van der Waals surface area contributed by atoms with Crippen molar-refractivity contribution < 1.29 is 13.2 Å². The fourth-order valence-electron chi connectivity index (χ4n) is 4.13. The first-order valence-electron chi connectivity index (χ1n) is 10.7. The lowest BCUT2D eigenvalue weighted by molar-refractivity contribution is -0.126. The van der Waals surface area contributed by atoms with Gasteiger partial charge < -0.3 is 0 Å². The van der Waals surface area contributed by atoms with Crippen molar-refractivity contribution in [3.05, 3.63) is 65.2 Å². The largest absolute Gasteiger partial charge is 0.297 e. The summed E-state index contributed by atoms with van der Waals surface area (Å²) in [4.78, 5) is 15.6. The zero-order chi connectivity index (χ0) is 22.0. The molecule has 1 saturated heterocycles. The van der Waals surface area contributed by atoms with Crippen LogP contribution in [0.1, 0.15) is 48.4 Å². The Hall–Kier alpha value is -2.14. The van der Waals surface area contributed by atoms with E-state index in [9.17, 15) is 18.5 Å². The van der Waals surface area contributed by atoms with Crippen LogP contribution in [-0.2, 0) is 13.7 Å². The van der Waals surface area contributed by atoms with Crippen molar-refractivity contribution in [2.45, 2.75) is 48.8 Å². The fraction of sp³-hybridized carbons (Fsp3) is 0.417. The first-order valence-corrected chi connectivity index (χ1v) is 13.5. The van der Waals surface area contributed by atoms with Gasteiger partial charge in [0, 0.05) is 24.3 Å². The molecule has 31 heavy (non-hydrogen) atoms. The smallest absolute Gasteiger partial charge is 0.230 e. The van der Waals surface area contributed by atoms with E-state index in [1.165, 1.54) is 0 Å². The van der Waals surface area contributed by atoms with Gasteiger partial charge in [-0.05, 0) is 67.2 Å². The Morgan fingerprint density at radius 1 is 1.06 bits per heavy atom. The Morgan fingerprint density at radius 3 is 2.32 bits per heavy atom. The summed E-state index contributed by atoms with van der Waals surface area (Å²) in [5, 5.41) is 9.54. The third-order valence-electron chi connectivity index (χ3n) is 6.04. The molecule has 1 saturated carbocycles. The van der Waals surface area contributed by atoms with E-state index in [1.54, 1.807) is 18.2 Å². The number of hydrogen-bond acceptors (Lipinski definition) is 6. The van der Waals surface area contributed by atoms with E-state index in [2.05, 4.69) is 11.0 Å². The number of nitriles is 1. The monoisotopic (exact) mass is 454 g/mol. The van der Waals surface area contributed by atoms with Gasteiger partial charge in [-0.2, -0.15) is 5.26 Å². The molecule has 2 fully saturated rings. The molecule has 2 aromatic rings. The second-order valence-electron chi connectivity index (χ2n) is 8.38. The number of carbonyl (C=O) groups is 1. The van der Waals surface area contributed by atoms with Crippen molar-refractivity contribution in [1.82, 2.24) is 4.90 Å². The van der Waals surface area contributed by atoms with Gasteiger partial charge >= 0.3 is 0 Å². The molecule has 1 aliphatic carbocycles. The van der Waals surface area contributed by atoms with Gasteiger partial charge in [0.15, 0.2) is 5.78 Å². The van der Waals surface area contributed by atoms with E-state index in [-0.39, 0.29) is 17.0 Å². The van der Waals surface area contributed by atoms with Crippen LogP contribution in [0.5, 0.6) is 0 Å². The van der Waals surface area contributed by atoms with Crippen molar-refractivity contribution in [3.8, 4) is 6.07 Å². The van der Waals surface area contributed by atoms with Crippen LogP contribution >= 0.6 is 10.8 Å². The second-order valence-corrected chi connectivity index (χ2v) is 12.5. The van der Waals surface area contributed by atoms with Crippen LogP contribution < -0.4 is 0 Å². The predicted molar refractivity (Wildman–Crippen MR) is 122 cm³/mol. The summed E-state index contributed by atoms with van der Waals surface area (Å²) in [5.41, 5.74) is 2.35. The number of piperidine rings is 1. The van der Waals surface area contributed by atoms with E-state index < -0.39 is 14.9 Å². The van der Waals surface area contributed by atoms with Gasteiger partial charge in [-0.15, -0.1) is 0 Å². The molecule has 1 atom stereocenters. The number of nitrogens with zero attached hydrogens (tertiary/aromatic N) is 2. The number of aryl methyl sites for hydroxylation is 1. The topological polar surface area (TPSA) is 78.2 Å². The Balaban J connectivity index is 1.47. The number of carbonyl (C=O) groups excluding carboxylic acids is 1. The molecule has 0 bridgehead atoms. The molecular formula is C24H26N2O3S2. The zero-order valence-electron chi connectivity index (χ0n) is 17.5. The first kappa shape index (κ1) is 22.1. The minimum absolute atomic E-state index is 0.00885. The lowest BCUT2D eigenvalue weighted by Gasteiger charge is -2.37. The highest BCUT2D eigenvalue weighted by molar-refractivity contribution is 8.72.